The van der Waals surface area contributed by atoms with Crippen LogP contribution in [0.4, 0.5) is 0 Å². The number of benzene rings is 1. The fourth-order valence-corrected chi connectivity index (χ4v) is 2.70. The summed E-state index contributed by atoms with van der Waals surface area (Å²) in [5.74, 6) is -0.0227. The van der Waals surface area contributed by atoms with Gasteiger partial charge in [-0.2, -0.15) is 0 Å². The second-order valence-electron chi connectivity index (χ2n) is 5.56. The van der Waals surface area contributed by atoms with Gasteiger partial charge in [0.25, 0.3) is 5.91 Å². The quantitative estimate of drug-likeness (QED) is 0.845. The number of aromatic nitrogens is 1. The first-order valence-corrected chi connectivity index (χ1v) is 7.46. The van der Waals surface area contributed by atoms with E-state index in [1.807, 2.05) is 11.8 Å². The number of halogens is 1. The Hall–Kier alpha value is -2.11. The highest BCUT2D eigenvalue weighted by atomic mass is 35.5. The highest BCUT2D eigenvalue weighted by Crippen LogP contribution is 2.14. The van der Waals surface area contributed by atoms with Crippen molar-refractivity contribution in [1.82, 2.24) is 15.2 Å². The topological polar surface area (TPSA) is 65.2 Å². The molecule has 3 rings (SSSR count). The van der Waals surface area contributed by atoms with E-state index >= 15 is 0 Å². The van der Waals surface area contributed by atoms with E-state index in [0.29, 0.717) is 23.2 Å². The molecule has 23 heavy (non-hydrogen) atoms. The van der Waals surface area contributed by atoms with E-state index in [0.717, 1.165) is 13.1 Å². The molecule has 2 N–H and O–H groups in total. The number of hydrogen-bond acceptors (Lipinski definition) is 3. The van der Waals surface area contributed by atoms with Crippen LogP contribution in [0.5, 0.6) is 0 Å². The molecule has 0 saturated carbocycles. The summed E-state index contributed by atoms with van der Waals surface area (Å²) >= 11 is 0. The van der Waals surface area contributed by atoms with Gasteiger partial charge in [0.05, 0.1) is 0 Å². The molecule has 1 aromatic carbocycles. The van der Waals surface area contributed by atoms with Gasteiger partial charge in [0.2, 0.25) is 0 Å². The summed E-state index contributed by atoms with van der Waals surface area (Å²) < 4.78 is 0. The van der Waals surface area contributed by atoms with E-state index < -0.39 is 0 Å². The number of hydrogen-bond donors (Lipinski definition) is 2. The minimum Gasteiger partial charge on any atom is -0.367 e. The van der Waals surface area contributed by atoms with Gasteiger partial charge in [-0.1, -0.05) is 12.1 Å². The lowest BCUT2D eigenvalue weighted by Gasteiger charge is -2.34. The molecular formula is C17H20ClN3O2. The molecule has 1 atom stereocenters. The lowest BCUT2D eigenvalue weighted by molar-refractivity contribution is 0.0655. The number of amides is 1. The van der Waals surface area contributed by atoms with Crippen molar-refractivity contribution in [2.24, 2.45) is 0 Å². The summed E-state index contributed by atoms with van der Waals surface area (Å²) in [7, 11) is 0. The first kappa shape index (κ1) is 17.2. The molecule has 1 aliphatic heterocycles. The summed E-state index contributed by atoms with van der Waals surface area (Å²) in [6, 6.07) is 8.82. The average Bonchev–Trinajstić information content (AvgIpc) is 3.09. The first-order chi connectivity index (χ1) is 10.7. The predicted molar refractivity (Wildman–Crippen MR) is 91.3 cm³/mol. The summed E-state index contributed by atoms with van der Waals surface area (Å²) in [4.78, 5) is 29.5. The monoisotopic (exact) mass is 333 g/mol. The number of ketones is 1. The van der Waals surface area contributed by atoms with Crippen LogP contribution in [0.3, 0.4) is 0 Å². The summed E-state index contributed by atoms with van der Waals surface area (Å²) in [6.07, 6.45) is 3.39. The molecule has 1 saturated heterocycles. The summed E-state index contributed by atoms with van der Waals surface area (Å²) in [5.41, 5.74) is 1.83. The third kappa shape index (κ3) is 3.63. The largest absolute Gasteiger partial charge is 0.367 e. The smallest absolute Gasteiger partial charge is 0.254 e. The van der Waals surface area contributed by atoms with Crippen molar-refractivity contribution in [2.75, 3.05) is 19.6 Å². The molecule has 1 aromatic heterocycles. The van der Waals surface area contributed by atoms with Gasteiger partial charge in [-0.3, -0.25) is 9.59 Å². The number of H-pyrrole nitrogens is 1. The van der Waals surface area contributed by atoms with Crippen LogP contribution in [0.15, 0.2) is 42.7 Å². The fraction of sp³-hybridized carbons (Fsp3) is 0.294. The third-order valence-corrected chi connectivity index (χ3v) is 4.02. The predicted octanol–water partition coefficient (Wildman–Crippen LogP) is 2.10. The third-order valence-electron chi connectivity index (χ3n) is 4.02. The van der Waals surface area contributed by atoms with Crippen molar-refractivity contribution < 1.29 is 9.59 Å². The standard InChI is InChI=1S/C17H19N3O2.ClH/c1-12-10-19-8-9-20(12)17(22)14-4-2-13(3-5-14)16(21)15-6-7-18-11-15;/h2-7,11-12,18-19H,8-10H2,1H3;1H. The molecule has 0 radical (unpaired) electrons. The van der Waals surface area contributed by atoms with E-state index in [-0.39, 0.29) is 30.1 Å². The van der Waals surface area contributed by atoms with Crippen LogP contribution in [-0.4, -0.2) is 47.3 Å². The minimum absolute atomic E-state index is 0. The van der Waals surface area contributed by atoms with E-state index in [2.05, 4.69) is 10.3 Å². The Balaban J connectivity index is 0.00000192. The van der Waals surface area contributed by atoms with Crippen LogP contribution in [0.25, 0.3) is 0 Å². The van der Waals surface area contributed by atoms with Crippen molar-refractivity contribution >= 4 is 24.1 Å². The Morgan fingerprint density at radius 2 is 1.78 bits per heavy atom. The molecule has 2 heterocycles. The Morgan fingerprint density at radius 1 is 1.09 bits per heavy atom. The van der Waals surface area contributed by atoms with Crippen molar-refractivity contribution in [3.05, 3.63) is 59.4 Å². The maximum atomic E-state index is 12.5. The van der Waals surface area contributed by atoms with E-state index in [9.17, 15) is 9.59 Å². The van der Waals surface area contributed by atoms with Crippen LogP contribution in [-0.2, 0) is 0 Å². The maximum Gasteiger partial charge on any atom is 0.254 e. The number of rotatable bonds is 3. The van der Waals surface area contributed by atoms with Crippen LogP contribution < -0.4 is 5.32 Å². The van der Waals surface area contributed by atoms with Gasteiger partial charge in [-0.05, 0) is 25.1 Å². The van der Waals surface area contributed by atoms with Gasteiger partial charge in [0.15, 0.2) is 5.78 Å². The van der Waals surface area contributed by atoms with E-state index in [1.54, 1.807) is 42.7 Å². The van der Waals surface area contributed by atoms with Crippen molar-refractivity contribution in [2.45, 2.75) is 13.0 Å². The fourth-order valence-electron chi connectivity index (χ4n) is 2.70. The van der Waals surface area contributed by atoms with Crippen LogP contribution in [0.1, 0.15) is 33.2 Å². The number of nitrogens with zero attached hydrogens (tertiary/aromatic N) is 1. The van der Waals surface area contributed by atoms with Crippen molar-refractivity contribution in [3.63, 3.8) is 0 Å². The van der Waals surface area contributed by atoms with Gasteiger partial charge < -0.3 is 15.2 Å². The van der Waals surface area contributed by atoms with Gasteiger partial charge in [0, 0.05) is 54.8 Å². The zero-order valence-corrected chi connectivity index (χ0v) is 13.7. The van der Waals surface area contributed by atoms with Gasteiger partial charge in [-0.15, -0.1) is 12.4 Å². The second-order valence-corrected chi connectivity index (χ2v) is 5.56. The molecule has 1 amide bonds. The number of piperazine rings is 1. The van der Waals surface area contributed by atoms with E-state index in [1.165, 1.54) is 0 Å². The maximum absolute atomic E-state index is 12.5. The number of nitrogens with one attached hydrogen (secondary N) is 2. The van der Waals surface area contributed by atoms with E-state index in [4.69, 9.17) is 0 Å². The molecule has 5 nitrogen and oxygen atoms in total. The Kier molecular flexibility index (Phi) is 5.58. The van der Waals surface area contributed by atoms with Crippen molar-refractivity contribution in [1.29, 1.82) is 0 Å². The van der Waals surface area contributed by atoms with Crippen LogP contribution in [0.2, 0.25) is 0 Å². The Bertz CT molecular complexity index is 668. The summed E-state index contributed by atoms with van der Waals surface area (Å²) in [6.45, 7) is 4.38. The van der Waals surface area contributed by atoms with Gasteiger partial charge >= 0.3 is 0 Å². The SMILES string of the molecule is CC1CNCCN1C(=O)c1ccc(C(=O)c2cc[nH]c2)cc1.Cl. The second kappa shape index (κ2) is 7.44. The lowest BCUT2D eigenvalue weighted by Crippen LogP contribution is -2.52. The molecule has 0 spiro atoms. The summed E-state index contributed by atoms with van der Waals surface area (Å²) in [5, 5.41) is 3.27. The number of aromatic amines is 1. The molecule has 6 heteroatoms. The molecule has 1 unspecified atom stereocenters. The molecule has 1 fully saturated rings. The zero-order valence-electron chi connectivity index (χ0n) is 12.9. The van der Waals surface area contributed by atoms with Crippen molar-refractivity contribution in [3.8, 4) is 0 Å². The lowest BCUT2D eigenvalue weighted by atomic mass is 10.0. The molecular weight excluding hydrogens is 314 g/mol. The molecule has 2 aromatic rings. The normalized spacial score (nSPS) is 17.4. The molecule has 0 aliphatic carbocycles. The molecule has 122 valence electrons. The van der Waals surface area contributed by atoms with Crippen LogP contribution >= 0.6 is 12.4 Å². The highest BCUT2D eigenvalue weighted by Gasteiger charge is 2.24. The van der Waals surface area contributed by atoms with Gasteiger partial charge in [0.1, 0.15) is 0 Å². The Morgan fingerprint density at radius 3 is 2.39 bits per heavy atom. The average molecular weight is 334 g/mol. The molecule has 0 bridgehead atoms. The van der Waals surface area contributed by atoms with Gasteiger partial charge in [-0.25, -0.2) is 0 Å². The first-order valence-electron chi connectivity index (χ1n) is 7.46. The Labute approximate surface area is 141 Å². The minimum atomic E-state index is -0.0456. The highest BCUT2D eigenvalue weighted by molar-refractivity contribution is 6.09. The zero-order chi connectivity index (χ0) is 15.5. The number of carbonyl (C=O) groups excluding carboxylic acids is 2. The molecule has 1 aliphatic rings. The van der Waals surface area contributed by atoms with Crippen LogP contribution in [0, 0.1) is 0 Å². The number of carbonyl (C=O) groups is 2.